The monoisotopic (exact) mass is 528 g/mol. The van der Waals surface area contributed by atoms with E-state index in [1.165, 1.54) is 11.5 Å². The van der Waals surface area contributed by atoms with Crippen LogP contribution < -0.4 is 14.2 Å². The van der Waals surface area contributed by atoms with Gasteiger partial charge in [-0.05, 0) is 52.9 Å². The third kappa shape index (κ3) is 5.37. The molecule has 0 unspecified atom stereocenters. The highest BCUT2D eigenvalue weighted by molar-refractivity contribution is 7.96. The molecule has 0 atom stereocenters. The maximum Gasteiger partial charge on any atom is 0.257 e. The zero-order chi connectivity index (χ0) is 24.1. The fourth-order valence-corrected chi connectivity index (χ4v) is 4.17. The second-order valence-corrected chi connectivity index (χ2v) is 8.55. The van der Waals surface area contributed by atoms with E-state index in [9.17, 15) is 4.79 Å². The lowest BCUT2D eigenvalue weighted by atomic mass is 10.0. The molecule has 0 aliphatic carbocycles. The summed E-state index contributed by atoms with van der Waals surface area (Å²) in [5.41, 5.74) is 4.02. The number of H-pyrrole nitrogens is 1. The van der Waals surface area contributed by atoms with E-state index in [0.717, 1.165) is 39.9 Å². The zero-order valence-electron chi connectivity index (χ0n) is 17.5. The molecular weight excluding hydrogens is 511 g/mol. The zero-order valence-corrected chi connectivity index (χ0v) is 20.7. The van der Waals surface area contributed by atoms with Gasteiger partial charge in [-0.2, -0.15) is 17.7 Å². The first-order valence-electron chi connectivity index (χ1n) is 9.90. The molecule has 0 saturated carbocycles. The summed E-state index contributed by atoms with van der Waals surface area (Å²) >= 11 is 17.2. The summed E-state index contributed by atoms with van der Waals surface area (Å²) in [6.45, 7) is 3.60. The average Bonchev–Trinajstić information content (AvgIpc) is 3.25. The molecule has 4 aromatic rings. The van der Waals surface area contributed by atoms with E-state index in [1.807, 2.05) is 42.5 Å². The lowest BCUT2D eigenvalue weighted by Gasteiger charge is -2.09. The Morgan fingerprint density at radius 1 is 1.12 bits per heavy atom. The van der Waals surface area contributed by atoms with Crippen LogP contribution >= 0.6 is 48.1 Å². The van der Waals surface area contributed by atoms with Crippen molar-refractivity contribution < 1.29 is 8.98 Å². The molecule has 1 aromatic heterocycles. The van der Waals surface area contributed by atoms with Crippen LogP contribution in [0.1, 0.15) is 0 Å². The quantitative estimate of drug-likeness (QED) is 0.0624. The van der Waals surface area contributed by atoms with Gasteiger partial charge >= 0.3 is 0 Å². The molecule has 4 rings (SSSR count). The number of nitrogens with zero attached hydrogens (tertiary/aromatic N) is 1. The number of thiol groups is 1. The van der Waals surface area contributed by atoms with Gasteiger partial charge in [0, 0.05) is 16.6 Å². The molecule has 0 saturated heterocycles. The van der Waals surface area contributed by atoms with Crippen molar-refractivity contribution in [3.8, 4) is 16.9 Å². The summed E-state index contributed by atoms with van der Waals surface area (Å²) in [5.74, 6) is 0.594. The van der Waals surface area contributed by atoms with Crippen molar-refractivity contribution in [3.05, 3.63) is 94.3 Å². The van der Waals surface area contributed by atoms with Gasteiger partial charge in [-0.25, -0.2) is 0 Å². The second kappa shape index (κ2) is 10.9. The van der Waals surface area contributed by atoms with Crippen molar-refractivity contribution >= 4 is 76.4 Å². The minimum Gasteiger partial charge on any atom is -0.404 e. The summed E-state index contributed by atoms with van der Waals surface area (Å²) < 4.78 is 8.69. The highest BCUT2D eigenvalue weighted by Crippen LogP contribution is 2.34. The predicted molar refractivity (Wildman–Crippen MR) is 146 cm³/mol. The SMILES string of the molecule is C=C/C(=C\S)C(=O)Nc1n[nH]c2cc(-c3ccc(NSOc4cccc(Cl)c4Cl)cc3)ccc12. The Kier molecular flexibility index (Phi) is 7.74. The Morgan fingerprint density at radius 3 is 2.62 bits per heavy atom. The first-order valence-corrected chi connectivity index (χ1v) is 11.9. The highest BCUT2D eigenvalue weighted by atomic mass is 35.5. The van der Waals surface area contributed by atoms with Gasteiger partial charge < -0.3 is 9.50 Å². The first-order chi connectivity index (χ1) is 16.5. The molecule has 1 amide bonds. The molecule has 3 N–H and O–H groups in total. The maximum absolute atomic E-state index is 12.2. The van der Waals surface area contributed by atoms with Crippen molar-refractivity contribution in [1.82, 2.24) is 10.2 Å². The number of aromatic amines is 1. The van der Waals surface area contributed by atoms with Gasteiger partial charge in [-0.3, -0.25) is 14.6 Å². The van der Waals surface area contributed by atoms with Crippen LogP contribution in [0.2, 0.25) is 10.0 Å². The molecule has 0 radical (unpaired) electrons. The summed E-state index contributed by atoms with van der Waals surface area (Å²) in [7, 11) is 0. The molecule has 172 valence electrons. The number of anilines is 2. The topological polar surface area (TPSA) is 79.0 Å². The molecule has 6 nitrogen and oxygen atoms in total. The standard InChI is InChI=1S/C24H18Cl2N4O2S2/c1-2-14(13-33)24(31)27-23-18-11-8-16(12-20(18)28-29-23)15-6-9-17(10-7-15)30-34-32-21-5-3-4-19(25)22(21)26/h2-13,30,33H,1H2,(H2,27,28,29,31)/b14-13+. The fourth-order valence-electron chi connectivity index (χ4n) is 3.07. The third-order valence-corrected chi connectivity index (χ3v) is 6.50. The predicted octanol–water partition coefficient (Wildman–Crippen LogP) is 7.53. The molecule has 0 aliphatic heterocycles. The number of amides is 1. The van der Waals surface area contributed by atoms with Crippen LogP contribution in [0, 0.1) is 0 Å². The van der Waals surface area contributed by atoms with Crippen molar-refractivity contribution in [2.45, 2.75) is 0 Å². The van der Waals surface area contributed by atoms with Crippen LogP contribution in [0.15, 0.2) is 84.3 Å². The van der Waals surface area contributed by atoms with Gasteiger partial charge in [-0.15, -0.1) is 0 Å². The Bertz CT molecular complexity index is 1390. The molecule has 34 heavy (non-hydrogen) atoms. The first kappa shape index (κ1) is 24.1. The van der Waals surface area contributed by atoms with E-state index in [0.29, 0.717) is 27.2 Å². The Morgan fingerprint density at radius 2 is 1.88 bits per heavy atom. The van der Waals surface area contributed by atoms with Crippen LogP contribution in [-0.4, -0.2) is 16.1 Å². The number of fused-ring (bicyclic) bond motifs is 1. The van der Waals surface area contributed by atoms with Crippen molar-refractivity contribution in [3.63, 3.8) is 0 Å². The van der Waals surface area contributed by atoms with Crippen LogP contribution in [0.5, 0.6) is 5.75 Å². The van der Waals surface area contributed by atoms with Crippen molar-refractivity contribution in [2.24, 2.45) is 0 Å². The van der Waals surface area contributed by atoms with Gasteiger partial charge in [0.25, 0.3) is 5.91 Å². The highest BCUT2D eigenvalue weighted by Gasteiger charge is 2.12. The van der Waals surface area contributed by atoms with E-state index in [4.69, 9.17) is 27.4 Å². The average molecular weight is 529 g/mol. The minimum absolute atomic E-state index is 0.329. The number of benzene rings is 3. The number of carbonyl (C=O) groups is 1. The van der Waals surface area contributed by atoms with Crippen LogP contribution in [-0.2, 0) is 4.79 Å². The molecule has 3 aromatic carbocycles. The normalized spacial score (nSPS) is 11.3. The summed E-state index contributed by atoms with van der Waals surface area (Å²) in [6, 6.07) is 18.9. The molecule has 0 bridgehead atoms. The Hall–Kier alpha value is -3.04. The largest absolute Gasteiger partial charge is 0.404 e. The van der Waals surface area contributed by atoms with Crippen molar-refractivity contribution in [1.29, 1.82) is 0 Å². The number of nitrogens with one attached hydrogen (secondary N) is 3. The minimum atomic E-state index is -0.329. The number of rotatable bonds is 8. The molecule has 0 aliphatic rings. The van der Waals surface area contributed by atoms with E-state index >= 15 is 0 Å². The van der Waals surface area contributed by atoms with E-state index < -0.39 is 0 Å². The van der Waals surface area contributed by atoms with Gasteiger partial charge in [0.05, 0.1) is 10.5 Å². The Labute approximate surface area is 216 Å². The van der Waals surface area contributed by atoms with E-state index in [1.54, 1.807) is 18.2 Å². The summed E-state index contributed by atoms with van der Waals surface area (Å²) in [4.78, 5) is 12.2. The van der Waals surface area contributed by atoms with Crippen LogP contribution in [0.4, 0.5) is 11.5 Å². The molecule has 0 spiro atoms. The van der Waals surface area contributed by atoms with Gasteiger partial charge in [0.15, 0.2) is 23.8 Å². The van der Waals surface area contributed by atoms with Gasteiger partial charge in [0.1, 0.15) is 5.02 Å². The maximum atomic E-state index is 12.2. The summed E-state index contributed by atoms with van der Waals surface area (Å²) in [5, 5.41) is 12.9. The third-order valence-electron chi connectivity index (χ3n) is 4.84. The van der Waals surface area contributed by atoms with Crippen LogP contribution in [0.3, 0.4) is 0 Å². The molecule has 0 fully saturated rings. The number of hydrogen-bond donors (Lipinski definition) is 4. The number of aromatic nitrogens is 2. The van der Waals surface area contributed by atoms with Crippen molar-refractivity contribution in [2.75, 3.05) is 10.0 Å². The Balaban J connectivity index is 1.42. The number of carbonyl (C=O) groups excluding carboxylic acids is 1. The van der Waals surface area contributed by atoms with E-state index in [2.05, 4.69) is 39.4 Å². The molecular formula is C24H18Cl2N4O2S2. The number of halogens is 2. The van der Waals surface area contributed by atoms with E-state index in [-0.39, 0.29) is 5.91 Å². The fraction of sp³-hybridized carbons (Fsp3) is 0. The smallest absolute Gasteiger partial charge is 0.257 e. The second-order valence-electron chi connectivity index (χ2n) is 6.97. The lowest BCUT2D eigenvalue weighted by molar-refractivity contribution is -0.112. The molecule has 10 heteroatoms. The number of hydrogen-bond acceptors (Lipinski definition) is 6. The van der Waals surface area contributed by atoms with Gasteiger partial charge in [0.2, 0.25) is 0 Å². The van der Waals surface area contributed by atoms with Crippen LogP contribution in [0.25, 0.3) is 22.0 Å². The van der Waals surface area contributed by atoms with Gasteiger partial charge in [-0.1, -0.05) is 60.1 Å². The lowest BCUT2D eigenvalue weighted by Crippen LogP contribution is -2.13. The molecule has 1 heterocycles. The summed E-state index contributed by atoms with van der Waals surface area (Å²) in [6.07, 6.45) is 1.44.